The van der Waals surface area contributed by atoms with E-state index >= 15 is 0 Å². The molecular weight excluding hydrogens is 280 g/mol. The molecule has 0 N–H and O–H groups in total. The van der Waals surface area contributed by atoms with Crippen molar-refractivity contribution in [2.45, 2.75) is 33.1 Å². The van der Waals surface area contributed by atoms with Gasteiger partial charge in [-0.05, 0) is 47.1 Å². The molecule has 0 radical (unpaired) electrons. The molecule has 0 spiro atoms. The van der Waals surface area contributed by atoms with Crippen LogP contribution in [-0.2, 0) is 12.5 Å². The van der Waals surface area contributed by atoms with Crippen LogP contribution < -0.4 is 4.57 Å². The van der Waals surface area contributed by atoms with Gasteiger partial charge in [0.25, 0.3) is 5.65 Å². The first-order valence-electron chi connectivity index (χ1n) is 8.20. The number of aryl methyl sites for hydroxylation is 2. The van der Waals surface area contributed by atoms with Crippen molar-refractivity contribution in [3.8, 4) is 0 Å². The highest BCUT2D eigenvalue weighted by Gasteiger charge is 2.22. The number of pyridine rings is 1. The van der Waals surface area contributed by atoms with Crippen molar-refractivity contribution < 1.29 is 4.57 Å². The lowest BCUT2D eigenvalue weighted by Crippen LogP contribution is -2.27. The maximum Gasteiger partial charge on any atom is 0.295 e. The molecule has 0 fully saturated rings. The quantitative estimate of drug-likeness (QED) is 0.417. The van der Waals surface area contributed by atoms with Gasteiger partial charge in [0.05, 0.1) is 18.6 Å². The molecule has 0 aliphatic carbocycles. The molecule has 0 aliphatic rings. The first-order valence-corrected chi connectivity index (χ1v) is 8.20. The molecule has 2 heteroatoms. The van der Waals surface area contributed by atoms with Crippen LogP contribution in [0.2, 0.25) is 0 Å². The molecule has 2 aromatic heterocycles. The van der Waals surface area contributed by atoms with Gasteiger partial charge in [-0.25, -0.2) is 4.57 Å². The number of hydrogen-bond donors (Lipinski definition) is 0. The first kappa shape index (κ1) is 14.3. The van der Waals surface area contributed by atoms with E-state index in [4.69, 9.17) is 0 Å². The van der Waals surface area contributed by atoms with E-state index in [9.17, 15) is 0 Å². The molecule has 0 saturated heterocycles. The topological polar surface area (TPSA) is 8.29 Å². The van der Waals surface area contributed by atoms with Gasteiger partial charge in [0.1, 0.15) is 0 Å². The molecule has 2 heterocycles. The third-order valence-corrected chi connectivity index (χ3v) is 4.94. The number of benzene rings is 2. The molecule has 0 saturated carbocycles. The lowest BCUT2D eigenvalue weighted by molar-refractivity contribution is -0.617. The van der Waals surface area contributed by atoms with E-state index in [0.717, 1.165) is 0 Å². The summed E-state index contributed by atoms with van der Waals surface area (Å²) in [6, 6.07) is 15.6. The Morgan fingerprint density at radius 1 is 1.00 bits per heavy atom. The largest absolute Gasteiger partial charge is 0.295 e. The normalized spacial score (nSPS) is 12.6. The van der Waals surface area contributed by atoms with Gasteiger partial charge in [-0.2, -0.15) is 4.40 Å². The lowest BCUT2D eigenvalue weighted by atomic mass is 9.87. The van der Waals surface area contributed by atoms with Crippen LogP contribution in [0.4, 0.5) is 0 Å². The summed E-state index contributed by atoms with van der Waals surface area (Å²) < 4.78 is 4.65. The summed E-state index contributed by atoms with van der Waals surface area (Å²) in [5.74, 6) is 0. The molecule has 0 amide bonds. The van der Waals surface area contributed by atoms with Gasteiger partial charge in [0.15, 0.2) is 11.0 Å². The van der Waals surface area contributed by atoms with Crippen LogP contribution in [0.5, 0.6) is 0 Å². The van der Waals surface area contributed by atoms with Crippen molar-refractivity contribution in [1.29, 1.82) is 0 Å². The van der Waals surface area contributed by atoms with Crippen LogP contribution in [0.1, 0.15) is 31.9 Å². The second-order valence-corrected chi connectivity index (χ2v) is 7.56. The fourth-order valence-electron chi connectivity index (χ4n) is 3.59. The van der Waals surface area contributed by atoms with Gasteiger partial charge in [-0.15, -0.1) is 0 Å². The van der Waals surface area contributed by atoms with Crippen molar-refractivity contribution in [3.63, 3.8) is 0 Å². The van der Waals surface area contributed by atoms with Crippen molar-refractivity contribution in [3.05, 3.63) is 59.8 Å². The summed E-state index contributed by atoms with van der Waals surface area (Å²) in [6.07, 6.45) is 2.20. The van der Waals surface area contributed by atoms with E-state index < -0.39 is 0 Å². The van der Waals surface area contributed by atoms with Crippen LogP contribution in [-0.4, -0.2) is 4.40 Å². The average Bonchev–Trinajstić information content (AvgIpc) is 2.79. The maximum absolute atomic E-state index is 2.34. The summed E-state index contributed by atoms with van der Waals surface area (Å²) in [7, 11) is 2.17. The minimum Gasteiger partial charge on any atom is -0.225 e. The highest BCUT2D eigenvalue weighted by Crippen LogP contribution is 2.29. The molecule has 0 atom stereocenters. The molecule has 4 aromatic rings. The number of aromatic nitrogens is 2. The Bertz CT molecular complexity index is 1060. The smallest absolute Gasteiger partial charge is 0.225 e. The monoisotopic (exact) mass is 303 g/mol. The zero-order valence-electron chi connectivity index (χ0n) is 14.5. The van der Waals surface area contributed by atoms with Crippen LogP contribution in [0.3, 0.4) is 0 Å². The highest BCUT2D eigenvalue weighted by molar-refractivity contribution is 5.97. The lowest BCUT2D eigenvalue weighted by Gasteiger charge is -2.18. The van der Waals surface area contributed by atoms with Gasteiger partial charge < -0.3 is 0 Å². The molecule has 0 unspecified atom stereocenters. The Morgan fingerprint density at radius 3 is 2.52 bits per heavy atom. The summed E-state index contributed by atoms with van der Waals surface area (Å²) in [6.45, 7) is 9.00. The van der Waals surface area contributed by atoms with Crippen LogP contribution >= 0.6 is 0 Å². The fourth-order valence-corrected chi connectivity index (χ4v) is 3.59. The number of hydrogen-bond acceptors (Lipinski definition) is 0. The van der Waals surface area contributed by atoms with E-state index in [1.165, 1.54) is 38.6 Å². The predicted octanol–water partition coefficient (Wildman–Crippen LogP) is 4.68. The van der Waals surface area contributed by atoms with Crippen molar-refractivity contribution in [2.24, 2.45) is 7.05 Å². The summed E-state index contributed by atoms with van der Waals surface area (Å²) in [4.78, 5) is 0. The number of nitrogens with zero attached hydrogens (tertiary/aromatic N) is 2. The van der Waals surface area contributed by atoms with Crippen molar-refractivity contribution in [2.75, 3.05) is 0 Å². The van der Waals surface area contributed by atoms with Gasteiger partial charge >= 0.3 is 0 Å². The highest BCUT2D eigenvalue weighted by atomic mass is 15.1. The summed E-state index contributed by atoms with van der Waals surface area (Å²) in [5.41, 5.74) is 6.66. The maximum atomic E-state index is 2.34. The second kappa shape index (κ2) is 4.58. The predicted molar refractivity (Wildman–Crippen MR) is 97.0 cm³/mol. The Kier molecular flexibility index (Phi) is 2.84. The standard InChI is InChI=1S/C21H23N2/c1-14-7-6-8-15-11-12-23-18-13-16(21(2,3)4)9-10-17(18)22(5)20(23)19(14)15/h6-13H,1-5H3/q+1. The zero-order chi connectivity index (χ0) is 16.4. The van der Waals surface area contributed by atoms with Crippen molar-refractivity contribution in [1.82, 2.24) is 4.40 Å². The van der Waals surface area contributed by atoms with Crippen LogP contribution in [0.15, 0.2) is 48.7 Å². The Labute approximate surface area is 137 Å². The SMILES string of the molecule is Cc1cccc2ccn3c4cc(C(C)(C)C)ccc4[n+](C)c3c12. The summed E-state index contributed by atoms with van der Waals surface area (Å²) in [5, 5.41) is 2.64. The average molecular weight is 303 g/mol. The third kappa shape index (κ3) is 1.98. The molecule has 116 valence electrons. The number of rotatable bonds is 0. The Morgan fingerprint density at radius 2 is 1.78 bits per heavy atom. The van der Waals surface area contributed by atoms with Crippen LogP contribution in [0.25, 0.3) is 27.5 Å². The molecular formula is C21H23N2+. The van der Waals surface area contributed by atoms with E-state index in [0.29, 0.717) is 0 Å². The van der Waals surface area contributed by atoms with Crippen molar-refractivity contribution >= 4 is 27.5 Å². The summed E-state index contributed by atoms with van der Waals surface area (Å²) >= 11 is 0. The van der Waals surface area contributed by atoms with E-state index in [-0.39, 0.29) is 5.41 Å². The number of fused-ring (bicyclic) bond motifs is 5. The minimum atomic E-state index is 0.156. The van der Waals surface area contributed by atoms with Gasteiger partial charge in [-0.3, -0.25) is 0 Å². The zero-order valence-corrected chi connectivity index (χ0v) is 14.5. The van der Waals surface area contributed by atoms with Gasteiger partial charge in [0.2, 0.25) is 0 Å². The molecule has 23 heavy (non-hydrogen) atoms. The first-order chi connectivity index (χ1) is 10.9. The van der Waals surface area contributed by atoms with E-state index in [2.05, 4.69) is 92.4 Å². The molecule has 4 rings (SSSR count). The van der Waals surface area contributed by atoms with Gasteiger partial charge in [0, 0.05) is 0 Å². The Hall–Kier alpha value is -2.35. The van der Waals surface area contributed by atoms with E-state index in [1.807, 2.05) is 0 Å². The van der Waals surface area contributed by atoms with Gasteiger partial charge in [-0.1, -0.05) is 45.0 Å². The third-order valence-electron chi connectivity index (χ3n) is 4.94. The second-order valence-electron chi connectivity index (χ2n) is 7.56. The van der Waals surface area contributed by atoms with E-state index in [1.54, 1.807) is 0 Å². The molecule has 2 nitrogen and oxygen atoms in total. The fraction of sp³-hybridized carbons (Fsp3) is 0.286. The Balaban J connectivity index is 2.23. The minimum absolute atomic E-state index is 0.156. The number of imidazole rings is 1. The molecule has 0 aliphatic heterocycles. The molecule has 2 aromatic carbocycles. The molecule has 0 bridgehead atoms. The van der Waals surface area contributed by atoms with Crippen LogP contribution in [0, 0.1) is 6.92 Å².